The van der Waals surface area contributed by atoms with Gasteiger partial charge in [-0.1, -0.05) is 17.7 Å². The lowest BCUT2D eigenvalue weighted by Gasteiger charge is -2.25. The van der Waals surface area contributed by atoms with Gasteiger partial charge in [0.1, 0.15) is 0 Å². The molecule has 5 heteroatoms. The second kappa shape index (κ2) is 7.33. The van der Waals surface area contributed by atoms with E-state index in [2.05, 4.69) is 48.3 Å². The summed E-state index contributed by atoms with van der Waals surface area (Å²) in [6.45, 7) is 9.53. The Morgan fingerprint density at radius 1 is 1.29 bits per heavy atom. The second-order valence-electron chi connectivity index (χ2n) is 5.49. The molecule has 114 valence electrons. The van der Waals surface area contributed by atoms with Gasteiger partial charge in [-0.05, 0) is 31.9 Å². The Balaban J connectivity index is 1.88. The summed E-state index contributed by atoms with van der Waals surface area (Å²) >= 11 is 0. The van der Waals surface area contributed by atoms with E-state index in [-0.39, 0.29) is 5.91 Å². The molecular formula is C16H23N3O2. The van der Waals surface area contributed by atoms with Crippen LogP contribution in [0.1, 0.15) is 22.3 Å². The summed E-state index contributed by atoms with van der Waals surface area (Å²) in [5.41, 5.74) is 7.22. The van der Waals surface area contributed by atoms with Crippen LogP contribution in [0.5, 0.6) is 0 Å². The number of hydrogen-bond acceptors (Lipinski definition) is 4. The fourth-order valence-corrected chi connectivity index (χ4v) is 2.56. The number of nitrogens with zero attached hydrogens (tertiary/aromatic N) is 2. The third kappa shape index (κ3) is 4.65. The van der Waals surface area contributed by atoms with Crippen molar-refractivity contribution in [2.24, 2.45) is 5.10 Å². The monoisotopic (exact) mass is 289 g/mol. The van der Waals surface area contributed by atoms with Gasteiger partial charge in [-0.15, -0.1) is 0 Å². The Bertz CT molecular complexity index is 511. The van der Waals surface area contributed by atoms with E-state index in [1.807, 2.05) is 0 Å². The van der Waals surface area contributed by atoms with Crippen LogP contribution in [-0.2, 0) is 9.53 Å². The van der Waals surface area contributed by atoms with Crippen molar-refractivity contribution >= 4 is 12.1 Å². The van der Waals surface area contributed by atoms with Crippen molar-refractivity contribution in [2.45, 2.75) is 20.8 Å². The van der Waals surface area contributed by atoms with Crippen LogP contribution in [0.3, 0.4) is 0 Å². The van der Waals surface area contributed by atoms with Gasteiger partial charge in [-0.3, -0.25) is 9.69 Å². The molecule has 0 aromatic heterocycles. The van der Waals surface area contributed by atoms with E-state index in [1.54, 1.807) is 6.21 Å². The van der Waals surface area contributed by atoms with Gasteiger partial charge in [0.25, 0.3) is 5.91 Å². The largest absolute Gasteiger partial charge is 0.379 e. The highest BCUT2D eigenvalue weighted by molar-refractivity contribution is 5.85. The average molecular weight is 289 g/mol. The summed E-state index contributed by atoms with van der Waals surface area (Å²) in [6, 6.07) is 4.23. The summed E-state index contributed by atoms with van der Waals surface area (Å²) in [5, 5.41) is 4.08. The fraction of sp³-hybridized carbons (Fsp3) is 0.500. The van der Waals surface area contributed by atoms with E-state index < -0.39 is 0 Å². The molecule has 1 N–H and O–H groups in total. The van der Waals surface area contributed by atoms with Gasteiger partial charge < -0.3 is 4.74 Å². The minimum absolute atomic E-state index is 0.0874. The molecule has 0 saturated carbocycles. The zero-order valence-electron chi connectivity index (χ0n) is 13.0. The molecule has 0 radical (unpaired) electrons. The number of benzene rings is 1. The lowest BCUT2D eigenvalue weighted by molar-refractivity contribution is -0.123. The quantitative estimate of drug-likeness (QED) is 0.673. The molecular weight excluding hydrogens is 266 g/mol. The van der Waals surface area contributed by atoms with Gasteiger partial charge in [0, 0.05) is 18.7 Å². The molecule has 1 aliphatic rings. The number of ether oxygens (including phenoxy) is 1. The molecule has 1 aliphatic heterocycles. The Morgan fingerprint density at radius 3 is 2.52 bits per heavy atom. The molecule has 1 saturated heterocycles. The minimum Gasteiger partial charge on any atom is -0.379 e. The van der Waals surface area contributed by atoms with E-state index in [0.29, 0.717) is 19.8 Å². The topological polar surface area (TPSA) is 53.9 Å². The standard InChI is InChI=1S/C16H23N3O2/c1-12-8-13(2)15(14(3)9-12)10-17-18-16(20)11-19-4-6-21-7-5-19/h8-10H,4-7,11H2,1-3H3,(H,18,20)/b17-10+. The van der Waals surface area contributed by atoms with Crippen molar-refractivity contribution in [1.29, 1.82) is 0 Å². The second-order valence-corrected chi connectivity index (χ2v) is 5.49. The van der Waals surface area contributed by atoms with Gasteiger partial charge in [0.15, 0.2) is 0 Å². The first-order valence-electron chi connectivity index (χ1n) is 7.26. The number of morpholine rings is 1. The van der Waals surface area contributed by atoms with Crippen LogP contribution in [-0.4, -0.2) is 49.9 Å². The van der Waals surface area contributed by atoms with Gasteiger partial charge >= 0.3 is 0 Å². The third-order valence-corrected chi connectivity index (χ3v) is 3.59. The maximum atomic E-state index is 11.8. The molecule has 0 atom stereocenters. The number of nitrogens with one attached hydrogen (secondary N) is 1. The van der Waals surface area contributed by atoms with Crippen molar-refractivity contribution in [3.8, 4) is 0 Å². The Kier molecular flexibility index (Phi) is 5.47. The zero-order valence-corrected chi connectivity index (χ0v) is 13.0. The lowest BCUT2D eigenvalue weighted by Crippen LogP contribution is -2.42. The Labute approximate surface area is 126 Å². The molecule has 5 nitrogen and oxygen atoms in total. The summed E-state index contributed by atoms with van der Waals surface area (Å²) < 4.78 is 5.25. The maximum Gasteiger partial charge on any atom is 0.254 e. The van der Waals surface area contributed by atoms with Crippen LogP contribution in [0.4, 0.5) is 0 Å². The van der Waals surface area contributed by atoms with E-state index in [4.69, 9.17) is 4.74 Å². The normalized spacial score (nSPS) is 16.3. The third-order valence-electron chi connectivity index (χ3n) is 3.59. The summed E-state index contributed by atoms with van der Waals surface area (Å²) in [6.07, 6.45) is 1.72. The van der Waals surface area contributed by atoms with E-state index in [9.17, 15) is 4.79 Å². The highest BCUT2D eigenvalue weighted by Gasteiger charge is 2.13. The molecule has 0 unspecified atom stereocenters. The molecule has 1 fully saturated rings. The van der Waals surface area contributed by atoms with Crippen molar-refractivity contribution in [2.75, 3.05) is 32.8 Å². The van der Waals surface area contributed by atoms with Crippen LogP contribution >= 0.6 is 0 Å². The van der Waals surface area contributed by atoms with Gasteiger partial charge in [0.2, 0.25) is 0 Å². The average Bonchev–Trinajstić information content (AvgIpc) is 2.42. The van der Waals surface area contributed by atoms with Crippen molar-refractivity contribution in [3.63, 3.8) is 0 Å². The molecule has 1 amide bonds. The lowest BCUT2D eigenvalue weighted by atomic mass is 10.0. The Hall–Kier alpha value is -1.72. The number of carbonyl (C=O) groups excluding carboxylic acids is 1. The molecule has 0 aliphatic carbocycles. The molecule has 2 rings (SSSR count). The number of carbonyl (C=O) groups is 1. The number of amides is 1. The summed E-state index contributed by atoms with van der Waals surface area (Å²) in [5.74, 6) is -0.0874. The maximum absolute atomic E-state index is 11.8. The first-order valence-corrected chi connectivity index (χ1v) is 7.26. The number of hydrogen-bond donors (Lipinski definition) is 1. The SMILES string of the molecule is Cc1cc(C)c(/C=N/NC(=O)CN2CCOCC2)c(C)c1. The first-order chi connectivity index (χ1) is 10.1. The van der Waals surface area contributed by atoms with Crippen LogP contribution in [0.2, 0.25) is 0 Å². The van der Waals surface area contributed by atoms with Crippen LogP contribution in [0, 0.1) is 20.8 Å². The zero-order chi connectivity index (χ0) is 15.2. The molecule has 21 heavy (non-hydrogen) atoms. The van der Waals surface area contributed by atoms with Crippen LogP contribution in [0.15, 0.2) is 17.2 Å². The van der Waals surface area contributed by atoms with Crippen molar-refractivity contribution in [3.05, 3.63) is 34.4 Å². The predicted molar refractivity (Wildman–Crippen MR) is 83.6 cm³/mol. The van der Waals surface area contributed by atoms with Gasteiger partial charge in [-0.25, -0.2) is 5.43 Å². The van der Waals surface area contributed by atoms with Gasteiger partial charge in [-0.2, -0.15) is 5.10 Å². The number of hydrazone groups is 1. The van der Waals surface area contributed by atoms with E-state index in [0.717, 1.165) is 18.7 Å². The molecule has 1 aromatic carbocycles. The summed E-state index contributed by atoms with van der Waals surface area (Å²) in [7, 11) is 0. The fourth-order valence-electron chi connectivity index (χ4n) is 2.56. The molecule has 1 aromatic rings. The molecule has 0 bridgehead atoms. The van der Waals surface area contributed by atoms with Crippen LogP contribution < -0.4 is 5.43 Å². The summed E-state index contributed by atoms with van der Waals surface area (Å²) in [4.78, 5) is 13.9. The van der Waals surface area contributed by atoms with Gasteiger partial charge in [0.05, 0.1) is 26.0 Å². The minimum atomic E-state index is -0.0874. The first kappa shape index (κ1) is 15.7. The highest BCUT2D eigenvalue weighted by atomic mass is 16.5. The number of rotatable bonds is 4. The van der Waals surface area contributed by atoms with E-state index >= 15 is 0 Å². The highest BCUT2D eigenvalue weighted by Crippen LogP contribution is 2.13. The van der Waals surface area contributed by atoms with Crippen molar-refractivity contribution in [1.82, 2.24) is 10.3 Å². The smallest absolute Gasteiger partial charge is 0.254 e. The number of aryl methyl sites for hydroxylation is 3. The van der Waals surface area contributed by atoms with E-state index in [1.165, 1.54) is 16.7 Å². The molecule has 1 heterocycles. The predicted octanol–water partition coefficient (Wildman–Crippen LogP) is 1.39. The van der Waals surface area contributed by atoms with Crippen LogP contribution in [0.25, 0.3) is 0 Å². The van der Waals surface area contributed by atoms with Crippen molar-refractivity contribution < 1.29 is 9.53 Å². The molecule has 0 spiro atoms. The Morgan fingerprint density at radius 2 is 1.90 bits per heavy atom.